The number of carbonyl (C=O) groups is 1. The van der Waals surface area contributed by atoms with Crippen LogP contribution in [0.3, 0.4) is 0 Å². The molecular weight excluding hydrogens is 388 g/mol. The van der Waals surface area contributed by atoms with E-state index in [9.17, 15) is 13.6 Å². The van der Waals surface area contributed by atoms with Crippen LogP contribution in [0.2, 0.25) is 0 Å². The number of alkyl halides is 2. The molecule has 0 aliphatic rings. The van der Waals surface area contributed by atoms with E-state index in [1.165, 1.54) is 12.1 Å². The molecule has 0 aliphatic heterocycles. The molecule has 0 aliphatic carbocycles. The molecule has 0 saturated heterocycles. The minimum absolute atomic E-state index is 0.0192. The number of carbonyl (C=O) groups excluding carboxylic acids is 1. The van der Waals surface area contributed by atoms with Gasteiger partial charge in [-0.05, 0) is 35.4 Å². The number of ether oxygens (including phenoxy) is 1. The molecule has 1 amide bonds. The summed E-state index contributed by atoms with van der Waals surface area (Å²) in [5.74, 6) is -0.247. The van der Waals surface area contributed by atoms with Gasteiger partial charge in [-0.15, -0.1) is 0 Å². The molecule has 2 N–H and O–H groups in total. The maximum absolute atomic E-state index is 12.4. The minimum Gasteiger partial charge on any atom is -0.435 e. The van der Waals surface area contributed by atoms with E-state index in [2.05, 4.69) is 15.4 Å². The highest BCUT2D eigenvalue weighted by molar-refractivity contribution is 5.93. The van der Waals surface area contributed by atoms with Gasteiger partial charge in [0.25, 0.3) is 0 Å². The Kier molecular flexibility index (Phi) is 7.09. The second-order valence-electron chi connectivity index (χ2n) is 6.38. The van der Waals surface area contributed by atoms with Crippen LogP contribution in [0.1, 0.15) is 22.7 Å². The fourth-order valence-electron chi connectivity index (χ4n) is 2.99. The fourth-order valence-corrected chi connectivity index (χ4v) is 2.99. The topological polar surface area (TPSA) is 74.2 Å². The van der Waals surface area contributed by atoms with Crippen molar-refractivity contribution in [1.29, 1.82) is 5.26 Å². The molecule has 3 aromatic rings. The highest BCUT2D eigenvalue weighted by Crippen LogP contribution is 2.25. The molecule has 0 fully saturated rings. The zero-order chi connectivity index (χ0) is 21.3. The van der Waals surface area contributed by atoms with E-state index >= 15 is 0 Å². The zero-order valence-electron chi connectivity index (χ0n) is 15.9. The largest absolute Gasteiger partial charge is 0.435 e. The number of halogens is 2. The van der Waals surface area contributed by atoms with Crippen LogP contribution in [0.5, 0.6) is 5.75 Å². The summed E-state index contributed by atoms with van der Waals surface area (Å²) in [4.78, 5) is 12.4. The van der Waals surface area contributed by atoms with E-state index in [1.807, 2.05) is 36.4 Å². The maximum atomic E-state index is 12.4. The van der Waals surface area contributed by atoms with Crippen molar-refractivity contribution in [3.05, 3.63) is 95.6 Å². The predicted octanol–water partition coefficient (Wildman–Crippen LogP) is 4.48. The Morgan fingerprint density at radius 1 is 0.933 bits per heavy atom. The lowest BCUT2D eigenvalue weighted by molar-refractivity contribution is -0.115. The van der Waals surface area contributed by atoms with Crippen LogP contribution in [0.15, 0.2) is 78.9 Å². The molecule has 5 nitrogen and oxygen atoms in total. The first-order valence-electron chi connectivity index (χ1n) is 9.19. The number of amides is 1. The molecule has 1 atom stereocenters. The van der Waals surface area contributed by atoms with E-state index < -0.39 is 6.61 Å². The third-order valence-electron chi connectivity index (χ3n) is 4.36. The zero-order valence-corrected chi connectivity index (χ0v) is 15.9. The first-order chi connectivity index (χ1) is 14.6. The van der Waals surface area contributed by atoms with Crippen LogP contribution in [-0.4, -0.2) is 19.1 Å². The van der Waals surface area contributed by atoms with Crippen molar-refractivity contribution in [1.82, 2.24) is 5.32 Å². The van der Waals surface area contributed by atoms with E-state index in [0.717, 1.165) is 11.1 Å². The number of para-hydroxylation sites is 1. The summed E-state index contributed by atoms with van der Waals surface area (Å²) >= 11 is 0. The van der Waals surface area contributed by atoms with Crippen LogP contribution in [0.25, 0.3) is 0 Å². The lowest BCUT2D eigenvalue weighted by Crippen LogP contribution is -2.32. The van der Waals surface area contributed by atoms with Crippen molar-refractivity contribution in [2.75, 3.05) is 11.9 Å². The number of hydrogen-bond acceptors (Lipinski definition) is 4. The molecule has 0 bridgehead atoms. The third-order valence-corrected chi connectivity index (χ3v) is 4.36. The monoisotopic (exact) mass is 407 g/mol. The number of hydrogen-bond donors (Lipinski definition) is 2. The Bertz CT molecular complexity index is 1020. The van der Waals surface area contributed by atoms with Gasteiger partial charge in [0.2, 0.25) is 5.91 Å². The summed E-state index contributed by atoms with van der Waals surface area (Å²) in [5, 5.41) is 15.1. The molecule has 0 radical (unpaired) electrons. The summed E-state index contributed by atoms with van der Waals surface area (Å²) in [7, 11) is 0. The summed E-state index contributed by atoms with van der Waals surface area (Å²) < 4.78 is 29.2. The SMILES string of the molecule is N#Cc1ccccc1NC(=O)CN[C@H](c1ccccc1)c1ccc(OC(F)F)cc1. The van der Waals surface area contributed by atoms with Gasteiger partial charge in [0, 0.05) is 0 Å². The van der Waals surface area contributed by atoms with Crippen molar-refractivity contribution in [3.8, 4) is 11.8 Å². The van der Waals surface area contributed by atoms with E-state index in [0.29, 0.717) is 11.3 Å². The lowest BCUT2D eigenvalue weighted by atomic mass is 9.98. The molecule has 30 heavy (non-hydrogen) atoms. The normalized spacial score (nSPS) is 11.5. The Morgan fingerprint density at radius 3 is 2.23 bits per heavy atom. The van der Waals surface area contributed by atoms with E-state index in [-0.39, 0.29) is 24.2 Å². The highest BCUT2D eigenvalue weighted by atomic mass is 19.3. The summed E-state index contributed by atoms with van der Waals surface area (Å²) in [6.07, 6.45) is 0. The highest BCUT2D eigenvalue weighted by Gasteiger charge is 2.16. The molecule has 0 saturated carbocycles. The third kappa shape index (κ3) is 5.63. The summed E-state index contributed by atoms with van der Waals surface area (Å²) in [6.45, 7) is -2.91. The standard InChI is InChI=1S/C23H19F2N3O2/c24-23(25)30-19-12-10-17(11-13-19)22(16-6-2-1-3-7-16)27-15-21(29)28-20-9-5-4-8-18(20)14-26/h1-13,22-23,27H,15H2,(H,28,29)/t22-/m1/s1. The Balaban J connectivity index is 1.74. The number of rotatable bonds is 8. The van der Waals surface area contributed by atoms with Gasteiger partial charge in [-0.1, -0.05) is 54.6 Å². The van der Waals surface area contributed by atoms with Gasteiger partial charge >= 0.3 is 6.61 Å². The van der Waals surface area contributed by atoms with Crippen molar-refractivity contribution in [3.63, 3.8) is 0 Å². The minimum atomic E-state index is -2.89. The van der Waals surface area contributed by atoms with Crippen molar-refractivity contribution < 1.29 is 18.3 Å². The average Bonchev–Trinajstić information content (AvgIpc) is 2.76. The quantitative estimate of drug-likeness (QED) is 0.578. The van der Waals surface area contributed by atoms with E-state index in [4.69, 9.17) is 5.26 Å². The van der Waals surface area contributed by atoms with Gasteiger partial charge in [-0.25, -0.2) is 0 Å². The van der Waals surface area contributed by atoms with Gasteiger partial charge < -0.3 is 10.1 Å². The molecule has 0 heterocycles. The van der Waals surface area contributed by atoms with Crippen LogP contribution in [-0.2, 0) is 4.79 Å². The Hall–Kier alpha value is -3.76. The molecule has 0 spiro atoms. The Morgan fingerprint density at radius 2 is 1.57 bits per heavy atom. The first-order valence-corrected chi connectivity index (χ1v) is 9.19. The maximum Gasteiger partial charge on any atom is 0.387 e. The van der Waals surface area contributed by atoms with Crippen molar-refractivity contribution in [2.45, 2.75) is 12.7 Å². The van der Waals surface area contributed by atoms with Gasteiger partial charge in [-0.2, -0.15) is 14.0 Å². The molecule has 0 aromatic heterocycles. The second kappa shape index (κ2) is 10.1. The molecule has 3 rings (SSSR count). The Labute approximate surface area is 172 Å². The van der Waals surface area contributed by atoms with E-state index in [1.54, 1.807) is 36.4 Å². The van der Waals surface area contributed by atoms with Gasteiger partial charge in [0.15, 0.2) is 0 Å². The van der Waals surface area contributed by atoms with Crippen molar-refractivity contribution in [2.24, 2.45) is 0 Å². The molecule has 3 aromatic carbocycles. The lowest BCUT2D eigenvalue weighted by Gasteiger charge is -2.20. The number of nitriles is 1. The molecule has 7 heteroatoms. The van der Waals surface area contributed by atoms with Crippen LogP contribution in [0, 0.1) is 11.3 Å². The summed E-state index contributed by atoms with van der Waals surface area (Å²) in [5.41, 5.74) is 2.51. The summed E-state index contributed by atoms with van der Waals surface area (Å²) in [6, 6.07) is 24.1. The number of anilines is 1. The van der Waals surface area contributed by atoms with Gasteiger partial charge in [0.05, 0.1) is 23.8 Å². The molecular formula is C23H19F2N3O2. The van der Waals surface area contributed by atoms with Crippen LogP contribution < -0.4 is 15.4 Å². The predicted molar refractivity (Wildman–Crippen MR) is 109 cm³/mol. The van der Waals surface area contributed by atoms with Gasteiger partial charge in [-0.3, -0.25) is 10.1 Å². The number of benzene rings is 3. The molecule has 0 unspecified atom stereocenters. The van der Waals surface area contributed by atoms with Crippen molar-refractivity contribution >= 4 is 11.6 Å². The smallest absolute Gasteiger partial charge is 0.387 e. The number of nitrogens with zero attached hydrogens (tertiary/aromatic N) is 1. The van der Waals surface area contributed by atoms with Crippen LogP contribution in [0.4, 0.5) is 14.5 Å². The average molecular weight is 407 g/mol. The fraction of sp³-hybridized carbons (Fsp3) is 0.130. The van der Waals surface area contributed by atoms with Gasteiger partial charge in [0.1, 0.15) is 11.8 Å². The molecule has 152 valence electrons. The second-order valence-corrected chi connectivity index (χ2v) is 6.38. The number of nitrogens with one attached hydrogen (secondary N) is 2. The first kappa shape index (κ1) is 21.0. The van der Waals surface area contributed by atoms with Crippen LogP contribution >= 0.6 is 0 Å².